The molecule has 0 saturated carbocycles. The molecule has 38 heavy (non-hydrogen) atoms. The molecule has 2 N–H and O–H groups in total. The van der Waals surface area contributed by atoms with Gasteiger partial charge in [0.1, 0.15) is 5.65 Å². The number of imidazole rings is 1. The first-order valence-electron chi connectivity index (χ1n) is 12.3. The van der Waals surface area contributed by atoms with Crippen LogP contribution in [0.5, 0.6) is 0 Å². The van der Waals surface area contributed by atoms with Crippen molar-refractivity contribution in [2.45, 2.75) is 26.9 Å². The zero-order valence-corrected chi connectivity index (χ0v) is 24.4. The molecular formula is C28H38Cl3N5O2. The molecule has 0 spiro atoms. The van der Waals surface area contributed by atoms with Gasteiger partial charge in [-0.1, -0.05) is 38.1 Å². The number of benzene rings is 1. The fourth-order valence-electron chi connectivity index (χ4n) is 4.05. The summed E-state index contributed by atoms with van der Waals surface area (Å²) in [4.78, 5) is 11.6. The van der Waals surface area contributed by atoms with Crippen molar-refractivity contribution in [3.63, 3.8) is 0 Å². The first-order valence-corrected chi connectivity index (χ1v) is 12.3. The van der Waals surface area contributed by atoms with E-state index in [1.54, 1.807) is 0 Å². The Morgan fingerprint density at radius 2 is 1.45 bits per heavy atom. The van der Waals surface area contributed by atoms with E-state index in [4.69, 9.17) is 15.2 Å². The zero-order chi connectivity index (χ0) is 24.5. The summed E-state index contributed by atoms with van der Waals surface area (Å²) in [6, 6.07) is 16.8. The van der Waals surface area contributed by atoms with Crippen molar-refractivity contribution < 1.29 is 9.47 Å². The molecular weight excluding hydrogens is 545 g/mol. The number of fused-ring (bicyclic) bond motifs is 1. The van der Waals surface area contributed by atoms with Crippen LogP contribution in [0.4, 0.5) is 0 Å². The van der Waals surface area contributed by atoms with E-state index >= 15 is 0 Å². The SMILES string of the molecule is C1COCCO1.CCN(CC)Cc1cc(-c2ccn3c(-c4ccc(CN)cc4)cnc3c2)ccn1.Cl.Cl.Cl. The number of nitrogens with two attached hydrogens (primary N) is 1. The summed E-state index contributed by atoms with van der Waals surface area (Å²) < 4.78 is 12.0. The summed E-state index contributed by atoms with van der Waals surface area (Å²) in [5, 5.41) is 0. The third-order valence-electron chi connectivity index (χ3n) is 6.17. The number of hydrogen-bond donors (Lipinski definition) is 1. The van der Waals surface area contributed by atoms with Crippen LogP contribution in [0.15, 0.2) is 67.1 Å². The Bertz CT molecular complexity index is 1200. The molecule has 0 aliphatic carbocycles. The lowest BCUT2D eigenvalue weighted by Crippen LogP contribution is -2.22. The number of pyridine rings is 2. The Balaban J connectivity index is 0.000000711. The molecule has 0 bridgehead atoms. The van der Waals surface area contributed by atoms with Gasteiger partial charge < -0.3 is 15.2 Å². The van der Waals surface area contributed by atoms with Gasteiger partial charge >= 0.3 is 0 Å². The van der Waals surface area contributed by atoms with Crippen LogP contribution in [0.25, 0.3) is 28.0 Å². The van der Waals surface area contributed by atoms with Crippen LogP contribution in [-0.2, 0) is 22.6 Å². The Morgan fingerprint density at radius 3 is 2.03 bits per heavy atom. The van der Waals surface area contributed by atoms with Crippen LogP contribution in [-0.4, -0.2) is 58.8 Å². The molecule has 4 heterocycles. The average molecular weight is 583 g/mol. The van der Waals surface area contributed by atoms with Crippen LogP contribution in [0.1, 0.15) is 25.1 Å². The molecule has 7 nitrogen and oxygen atoms in total. The van der Waals surface area contributed by atoms with Gasteiger partial charge in [-0.05, 0) is 54.0 Å². The van der Waals surface area contributed by atoms with E-state index in [1.165, 1.54) is 5.56 Å². The van der Waals surface area contributed by atoms with Gasteiger partial charge in [-0.2, -0.15) is 0 Å². The largest absolute Gasteiger partial charge is 0.377 e. The average Bonchev–Trinajstić information content (AvgIpc) is 3.36. The van der Waals surface area contributed by atoms with Crippen molar-refractivity contribution in [1.82, 2.24) is 19.3 Å². The van der Waals surface area contributed by atoms with E-state index in [0.717, 1.165) is 79.8 Å². The van der Waals surface area contributed by atoms with Crippen molar-refractivity contribution in [2.75, 3.05) is 39.5 Å². The van der Waals surface area contributed by atoms with Gasteiger partial charge in [0, 0.05) is 31.0 Å². The molecule has 1 aliphatic rings. The predicted molar refractivity (Wildman–Crippen MR) is 162 cm³/mol. The highest BCUT2D eigenvalue weighted by molar-refractivity contribution is 5.86. The first-order chi connectivity index (χ1) is 17.2. The van der Waals surface area contributed by atoms with Crippen LogP contribution >= 0.6 is 37.2 Å². The number of aromatic nitrogens is 3. The summed E-state index contributed by atoms with van der Waals surface area (Å²) in [6.45, 7) is 10.9. The van der Waals surface area contributed by atoms with Gasteiger partial charge in [0.15, 0.2) is 0 Å². The minimum atomic E-state index is 0. The fraction of sp³-hybridized carbons (Fsp3) is 0.357. The minimum absolute atomic E-state index is 0. The van der Waals surface area contributed by atoms with E-state index in [0.29, 0.717) is 6.54 Å². The van der Waals surface area contributed by atoms with Gasteiger partial charge in [-0.3, -0.25) is 14.3 Å². The van der Waals surface area contributed by atoms with Gasteiger partial charge in [0.05, 0.1) is 44.0 Å². The molecule has 1 aromatic carbocycles. The topological polar surface area (TPSA) is 77.9 Å². The second kappa shape index (κ2) is 17.4. The monoisotopic (exact) mass is 581 g/mol. The number of halogens is 3. The summed E-state index contributed by atoms with van der Waals surface area (Å²) in [6.07, 6.45) is 5.91. The fourth-order valence-corrected chi connectivity index (χ4v) is 4.05. The Labute approximate surface area is 244 Å². The van der Waals surface area contributed by atoms with Crippen LogP contribution < -0.4 is 5.73 Å². The molecule has 3 aromatic heterocycles. The van der Waals surface area contributed by atoms with Gasteiger partial charge in [-0.25, -0.2) is 4.98 Å². The van der Waals surface area contributed by atoms with E-state index in [9.17, 15) is 0 Å². The Hall–Kier alpha value is -2.23. The quantitative estimate of drug-likeness (QED) is 0.303. The highest BCUT2D eigenvalue weighted by Gasteiger charge is 2.09. The summed E-state index contributed by atoms with van der Waals surface area (Å²) in [5.74, 6) is 0. The van der Waals surface area contributed by atoms with E-state index in [2.05, 4.69) is 87.8 Å². The van der Waals surface area contributed by atoms with Gasteiger partial charge in [0.2, 0.25) is 0 Å². The maximum absolute atomic E-state index is 5.71. The zero-order valence-electron chi connectivity index (χ0n) is 21.9. The highest BCUT2D eigenvalue weighted by Crippen LogP contribution is 2.26. The smallest absolute Gasteiger partial charge is 0.137 e. The molecule has 0 radical (unpaired) electrons. The van der Waals surface area contributed by atoms with Crippen molar-refractivity contribution in [3.05, 3.63) is 78.4 Å². The van der Waals surface area contributed by atoms with E-state index in [-0.39, 0.29) is 37.2 Å². The lowest BCUT2D eigenvalue weighted by atomic mass is 10.1. The van der Waals surface area contributed by atoms with Crippen molar-refractivity contribution in [3.8, 4) is 22.4 Å². The number of nitrogens with zero attached hydrogens (tertiary/aromatic N) is 4. The third-order valence-corrected chi connectivity index (χ3v) is 6.17. The Kier molecular flexibility index (Phi) is 15.5. The molecule has 5 rings (SSSR count). The lowest BCUT2D eigenvalue weighted by molar-refractivity contribution is -0.0334. The standard InChI is InChI=1S/C24H27N5.C4H8O2.3ClH/c1-3-28(4-2)17-22-13-20(9-11-26-22)21-10-12-29-23(16-27-24(29)14-21)19-7-5-18(15-25)6-8-19;1-2-6-4-3-5-1;;;/h5-14,16H,3-4,15,17,25H2,1-2H3;1-4H2;3*1H. The van der Waals surface area contributed by atoms with Crippen LogP contribution in [0, 0.1) is 0 Å². The number of rotatable bonds is 7. The molecule has 1 aliphatic heterocycles. The molecule has 1 fully saturated rings. The lowest BCUT2D eigenvalue weighted by Gasteiger charge is -2.17. The summed E-state index contributed by atoms with van der Waals surface area (Å²) in [5.41, 5.74) is 13.4. The van der Waals surface area contributed by atoms with Crippen molar-refractivity contribution in [2.24, 2.45) is 5.73 Å². The minimum Gasteiger partial charge on any atom is -0.377 e. The normalized spacial score (nSPS) is 12.5. The molecule has 0 unspecified atom stereocenters. The van der Waals surface area contributed by atoms with Crippen LogP contribution in [0.2, 0.25) is 0 Å². The molecule has 1 saturated heterocycles. The second-order valence-electron chi connectivity index (χ2n) is 8.41. The maximum atomic E-state index is 5.71. The molecule has 208 valence electrons. The van der Waals surface area contributed by atoms with Gasteiger partial charge in [-0.15, -0.1) is 37.2 Å². The summed E-state index contributed by atoms with van der Waals surface area (Å²) >= 11 is 0. The first kappa shape index (κ1) is 33.8. The number of hydrogen-bond acceptors (Lipinski definition) is 6. The van der Waals surface area contributed by atoms with Crippen LogP contribution in [0.3, 0.4) is 0 Å². The molecule has 10 heteroatoms. The Morgan fingerprint density at radius 1 is 0.816 bits per heavy atom. The van der Waals surface area contributed by atoms with Gasteiger partial charge in [0.25, 0.3) is 0 Å². The highest BCUT2D eigenvalue weighted by atomic mass is 35.5. The predicted octanol–water partition coefficient (Wildman–Crippen LogP) is 5.66. The molecule has 0 atom stereocenters. The van der Waals surface area contributed by atoms with Crippen molar-refractivity contribution >= 4 is 42.9 Å². The van der Waals surface area contributed by atoms with Crippen molar-refractivity contribution in [1.29, 1.82) is 0 Å². The molecule has 0 amide bonds. The van der Waals surface area contributed by atoms with E-state index < -0.39 is 0 Å². The molecule has 4 aromatic rings. The number of ether oxygens (including phenoxy) is 2. The van der Waals surface area contributed by atoms with E-state index in [1.807, 2.05) is 12.4 Å². The summed E-state index contributed by atoms with van der Waals surface area (Å²) in [7, 11) is 0. The third kappa shape index (κ3) is 8.92. The second-order valence-corrected chi connectivity index (χ2v) is 8.41. The maximum Gasteiger partial charge on any atom is 0.137 e.